The monoisotopic (exact) mass is 251 g/mol. The second kappa shape index (κ2) is 5.36. The summed E-state index contributed by atoms with van der Waals surface area (Å²) >= 11 is 0. The van der Waals surface area contributed by atoms with Crippen molar-refractivity contribution in [2.75, 3.05) is 0 Å². The van der Waals surface area contributed by atoms with Crippen LogP contribution in [0.5, 0.6) is 5.75 Å². The van der Waals surface area contributed by atoms with Crippen molar-refractivity contribution < 1.29 is 9.53 Å². The topological polar surface area (TPSA) is 39.2 Å². The number of aromatic nitrogens is 1. The van der Waals surface area contributed by atoms with Crippen LogP contribution in [0.1, 0.15) is 27.0 Å². The number of hydrogen-bond acceptors (Lipinski definition) is 3. The van der Waals surface area contributed by atoms with E-state index < -0.39 is 5.97 Å². The molecular formula is C16H13NO2. The van der Waals surface area contributed by atoms with E-state index in [-0.39, 0.29) is 0 Å². The first-order valence-corrected chi connectivity index (χ1v) is 5.81. The highest BCUT2D eigenvalue weighted by atomic mass is 16.5. The summed E-state index contributed by atoms with van der Waals surface area (Å²) in [6, 6.07) is 7.21. The molecule has 0 aliphatic carbocycles. The third-order valence-electron chi connectivity index (χ3n) is 2.67. The molecule has 0 aliphatic heterocycles. The summed E-state index contributed by atoms with van der Waals surface area (Å²) < 4.78 is 5.34. The average molecular weight is 251 g/mol. The molecule has 1 aromatic carbocycles. The molecule has 0 amide bonds. The molecule has 94 valence electrons. The molecule has 0 bridgehead atoms. The van der Waals surface area contributed by atoms with Crippen molar-refractivity contribution >= 4 is 5.97 Å². The zero-order chi connectivity index (χ0) is 13.8. The number of hydrogen-bond donors (Lipinski definition) is 0. The van der Waals surface area contributed by atoms with E-state index >= 15 is 0 Å². The Balaban J connectivity index is 2.23. The number of benzene rings is 1. The molecule has 0 saturated heterocycles. The first-order chi connectivity index (χ1) is 9.10. The number of rotatable bonds is 2. The Morgan fingerprint density at radius 1 is 1.26 bits per heavy atom. The van der Waals surface area contributed by atoms with Crippen molar-refractivity contribution in [3.05, 3.63) is 58.9 Å². The second-order valence-electron chi connectivity index (χ2n) is 4.27. The van der Waals surface area contributed by atoms with E-state index in [4.69, 9.17) is 11.2 Å². The van der Waals surface area contributed by atoms with Gasteiger partial charge in [0.05, 0.1) is 5.56 Å². The van der Waals surface area contributed by atoms with Gasteiger partial charge in [-0.05, 0) is 31.5 Å². The summed E-state index contributed by atoms with van der Waals surface area (Å²) in [6.45, 7) is 3.88. The first-order valence-electron chi connectivity index (χ1n) is 5.81. The molecular weight excluding hydrogens is 238 g/mol. The van der Waals surface area contributed by atoms with Gasteiger partial charge < -0.3 is 4.74 Å². The van der Waals surface area contributed by atoms with Gasteiger partial charge in [-0.3, -0.25) is 4.98 Å². The normalized spacial score (nSPS) is 9.74. The number of carbonyl (C=O) groups is 1. The highest BCUT2D eigenvalue weighted by Crippen LogP contribution is 2.20. The van der Waals surface area contributed by atoms with Crippen molar-refractivity contribution in [3.8, 4) is 18.1 Å². The molecule has 2 rings (SSSR count). The lowest BCUT2D eigenvalue weighted by atomic mass is 10.1. The number of nitrogens with zero attached hydrogens (tertiary/aromatic N) is 1. The summed E-state index contributed by atoms with van der Waals surface area (Å²) in [5, 5.41) is 0. The fourth-order valence-corrected chi connectivity index (χ4v) is 1.70. The van der Waals surface area contributed by atoms with E-state index in [1.54, 1.807) is 12.1 Å². The maximum atomic E-state index is 12.0. The standard InChI is InChI=1S/C16H13NO2/c1-4-13-8-14(10-17-9-13)16(18)19-15-6-5-11(2)7-12(15)3/h1,5-10H,2-3H3. The summed E-state index contributed by atoms with van der Waals surface area (Å²) in [6.07, 6.45) is 8.23. The predicted octanol–water partition coefficient (Wildman–Crippen LogP) is 2.90. The van der Waals surface area contributed by atoms with Crippen molar-refractivity contribution in [2.45, 2.75) is 13.8 Å². The molecule has 0 unspecified atom stereocenters. The molecule has 0 fully saturated rings. The maximum Gasteiger partial charge on any atom is 0.345 e. The highest BCUT2D eigenvalue weighted by Gasteiger charge is 2.11. The molecule has 0 aliphatic rings. The molecule has 0 saturated carbocycles. The zero-order valence-electron chi connectivity index (χ0n) is 10.8. The van der Waals surface area contributed by atoms with Gasteiger partial charge in [0.1, 0.15) is 5.75 Å². The van der Waals surface area contributed by atoms with E-state index in [0.29, 0.717) is 16.9 Å². The van der Waals surface area contributed by atoms with Gasteiger partial charge in [0.25, 0.3) is 0 Å². The Kier molecular flexibility index (Phi) is 3.63. The molecule has 2 aromatic rings. The molecule has 1 aromatic heterocycles. The lowest BCUT2D eigenvalue weighted by Crippen LogP contribution is -2.10. The lowest BCUT2D eigenvalue weighted by Gasteiger charge is -2.08. The Morgan fingerprint density at radius 3 is 2.74 bits per heavy atom. The molecule has 19 heavy (non-hydrogen) atoms. The van der Waals surface area contributed by atoms with Gasteiger partial charge in [-0.15, -0.1) is 6.42 Å². The fourth-order valence-electron chi connectivity index (χ4n) is 1.70. The van der Waals surface area contributed by atoms with Gasteiger partial charge in [0.15, 0.2) is 0 Å². The largest absolute Gasteiger partial charge is 0.423 e. The summed E-state index contributed by atoms with van der Waals surface area (Å²) in [7, 11) is 0. The highest BCUT2D eigenvalue weighted by molar-refractivity contribution is 5.91. The van der Waals surface area contributed by atoms with Crippen LogP contribution in [0, 0.1) is 26.2 Å². The Morgan fingerprint density at radius 2 is 2.05 bits per heavy atom. The van der Waals surface area contributed by atoms with Crippen LogP contribution in [0.25, 0.3) is 0 Å². The van der Waals surface area contributed by atoms with Crippen LogP contribution >= 0.6 is 0 Å². The van der Waals surface area contributed by atoms with Gasteiger partial charge in [0, 0.05) is 18.0 Å². The second-order valence-corrected chi connectivity index (χ2v) is 4.27. The maximum absolute atomic E-state index is 12.0. The third kappa shape index (κ3) is 2.99. The van der Waals surface area contributed by atoms with E-state index in [1.807, 2.05) is 26.0 Å². The zero-order valence-corrected chi connectivity index (χ0v) is 10.8. The summed E-state index contributed by atoms with van der Waals surface area (Å²) in [5.41, 5.74) is 2.92. The average Bonchev–Trinajstić information content (AvgIpc) is 2.42. The molecule has 0 spiro atoms. The van der Waals surface area contributed by atoms with Crippen molar-refractivity contribution in [3.63, 3.8) is 0 Å². The fraction of sp³-hybridized carbons (Fsp3) is 0.125. The number of pyridine rings is 1. The van der Waals surface area contributed by atoms with Crippen LogP contribution in [-0.4, -0.2) is 11.0 Å². The quantitative estimate of drug-likeness (QED) is 0.468. The first kappa shape index (κ1) is 12.8. The number of terminal acetylenes is 1. The van der Waals surface area contributed by atoms with Gasteiger partial charge in [-0.1, -0.05) is 23.6 Å². The minimum absolute atomic E-state index is 0.343. The third-order valence-corrected chi connectivity index (χ3v) is 2.67. The van der Waals surface area contributed by atoms with Crippen LogP contribution in [0.3, 0.4) is 0 Å². The van der Waals surface area contributed by atoms with Crippen LogP contribution in [0.15, 0.2) is 36.7 Å². The van der Waals surface area contributed by atoms with Crippen molar-refractivity contribution in [2.24, 2.45) is 0 Å². The molecule has 0 N–H and O–H groups in total. The number of esters is 1. The molecule has 1 heterocycles. The van der Waals surface area contributed by atoms with Crippen LogP contribution in [0.4, 0.5) is 0 Å². The van der Waals surface area contributed by atoms with E-state index in [0.717, 1.165) is 11.1 Å². The SMILES string of the molecule is C#Cc1cncc(C(=O)Oc2ccc(C)cc2C)c1. The van der Waals surface area contributed by atoms with Crippen LogP contribution in [-0.2, 0) is 0 Å². The molecule has 3 nitrogen and oxygen atoms in total. The predicted molar refractivity (Wildman–Crippen MR) is 73.0 cm³/mol. The van der Waals surface area contributed by atoms with Gasteiger partial charge >= 0.3 is 5.97 Å². The van der Waals surface area contributed by atoms with Crippen molar-refractivity contribution in [1.82, 2.24) is 4.98 Å². The Hall–Kier alpha value is -2.60. The van der Waals surface area contributed by atoms with E-state index in [2.05, 4.69) is 10.9 Å². The minimum Gasteiger partial charge on any atom is -0.423 e. The smallest absolute Gasteiger partial charge is 0.345 e. The molecule has 0 atom stereocenters. The van der Waals surface area contributed by atoms with Gasteiger partial charge in [-0.25, -0.2) is 4.79 Å². The Bertz CT molecular complexity index is 669. The van der Waals surface area contributed by atoms with Gasteiger partial charge in [-0.2, -0.15) is 0 Å². The Labute approximate surface area is 112 Å². The minimum atomic E-state index is -0.462. The summed E-state index contributed by atoms with van der Waals surface area (Å²) in [5.74, 6) is 2.52. The summed E-state index contributed by atoms with van der Waals surface area (Å²) in [4.78, 5) is 15.9. The molecule has 0 radical (unpaired) electrons. The van der Waals surface area contributed by atoms with Crippen LogP contribution in [0.2, 0.25) is 0 Å². The molecule has 3 heteroatoms. The van der Waals surface area contributed by atoms with Crippen molar-refractivity contribution in [1.29, 1.82) is 0 Å². The number of aryl methyl sites for hydroxylation is 2. The van der Waals surface area contributed by atoms with Crippen LogP contribution < -0.4 is 4.74 Å². The van der Waals surface area contributed by atoms with E-state index in [9.17, 15) is 4.79 Å². The van der Waals surface area contributed by atoms with E-state index in [1.165, 1.54) is 12.4 Å². The number of carbonyl (C=O) groups excluding carboxylic acids is 1. The van der Waals surface area contributed by atoms with Gasteiger partial charge in [0.2, 0.25) is 0 Å². The lowest BCUT2D eigenvalue weighted by molar-refractivity contribution is 0.0733. The number of ether oxygens (including phenoxy) is 1.